The molecule has 1 aromatic rings. The van der Waals surface area contributed by atoms with Crippen molar-refractivity contribution >= 4 is 0 Å². The molecule has 0 bridgehead atoms. The van der Waals surface area contributed by atoms with Gasteiger partial charge in [0.2, 0.25) is 0 Å². The van der Waals surface area contributed by atoms with E-state index in [1.54, 1.807) is 12.3 Å². The van der Waals surface area contributed by atoms with Crippen molar-refractivity contribution in [1.82, 2.24) is 15.2 Å². The summed E-state index contributed by atoms with van der Waals surface area (Å²) < 4.78 is 19.4. The van der Waals surface area contributed by atoms with Gasteiger partial charge in [-0.1, -0.05) is 0 Å². The van der Waals surface area contributed by atoms with Crippen LogP contribution in [-0.4, -0.2) is 49.8 Å². The number of rotatable bonds is 3. The van der Waals surface area contributed by atoms with E-state index in [0.717, 1.165) is 13.1 Å². The first-order valence-corrected chi connectivity index (χ1v) is 5.79. The Morgan fingerprint density at radius 2 is 2.47 bits per heavy atom. The maximum Gasteiger partial charge on any atom is 0.146 e. The normalized spacial score (nSPS) is 23.6. The van der Waals surface area contributed by atoms with E-state index in [4.69, 9.17) is 4.74 Å². The number of hydrogen-bond acceptors (Lipinski definition) is 4. The van der Waals surface area contributed by atoms with Gasteiger partial charge in [0.1, 0.15) is 5.82 Å². The minimum absolute atomic E-state index is 0.0318. The van der Waals surface area contributed by atoms with Crippen LogP contribution in [0.2, 0.25) is 0 Å². The molecule has 1 aliphatic heterocycles. The summed E-state index contributed by atoms with van der Waals surface area (Å²) in [5.41, 5.74) is 0.614. The molecule has 4 nitrogen and oxygen atoms in total. The molecule has 1 aromatic heterocycles. The van der Waals surface area contributed by atoms with E-state index >= 15 is 0 Å². The summed E-state index contributed by atoms with van der Waals surface area (Å²) >= 11 is 0. The average molecular weight is 239 g/mol. The molecule has 17 heavy (non-hydrogen) atoms. The number of likely N-dealkylation sites (N-methyl/N-ethyl adjacent to an activating group) is 2. The van der Waals surface area contributed by atoms with Crippen molar-refractivity contribution in [1.29, 1.82) is 0 Å². The molecule has 0 aromatic carbocycles. The first kappa shape index (κ1) is 12.4. The second-order valence-electron chi connectivity index (χ2n) is 4.34. The summed E-state index contributed by atoms with van der Waals surface area (Å²) in [5.74, 6) is -0.288. The average Bonchev–Trinajstić information content (AvgIpc) is 2.33. The second-order valence-corrected chi connectivity index (χ2v) is 4.34. The van der Waals surface area contributed by atoms with E-state index in [2.05, 4.69) is 15.2 Å². The van der Waals surface area contributed by atoms with Crippen LogP contribution in [-0.2, 0) is 4.74 Å². The zero-order valence-corrected chi connectivity index (χ0v) is 10.2. The molecule has 2 heterocycles. The molecule has 0 aliphatic carbocycles. The summed E-state index contributed by atoms with van der Waals surface area (Å²) in [6, 6.07) is 1.56. The van der Waals surface area contributed by atoms with Gasteiger partial charge in [0.25, 0.3) is 0 Å². The molecule has 1 fully saturated rings. The van der Waals surface area contributed by atoms with E-state index in [0.29, 0.717) is 12.2 Å². The Bertz CT molecular complexity index is 375. The Labute approximate surface area is 101 Å². The Kier molecular flexibility index (Phi) is 4.04. The summed E-state index contributed by atoms with van der Waals surface area (Å²) in [5, 5.41) is 3.13. The Morgan fingerprint density at radius 1 is 1.65 bits per heavy atom. The molecular formula is C12H18FN3O. The van der Waals surface area contributed by atoms with Gasteiger partial charge in [-0.3, -0.25) is 4.98 Å². The van der Waals surface area contributed by atoms with Crippen LogP contribution in [0.15, 0.2) is 18.5 Å². The molecule has 5 heteroatoms. The van der Waals surface area contributed by atoms with Gasteiger partial charge in [0, 0.05) is 24.8 Å². The topological polar surface area (TPSA) is 37.4 Å². The van der Waals surface area contributed by atoms with Crippen LogP contribution in [0.4, 0.5) is 4.39 Å². The predicted octanol–water partition coefficient (Wildman–Crippen LogP) is 0.812. The number of morpholine rings is 1. The highest BCUT2D eigenvalue weighted by atomic mass is 19.1. The number of hydrogen-bond donors (Lipinski definition) is 1. The highest BCUT2D eigenvalue weighted by Gasteiger charge is 2.28. The van der Waals surface area contributed by atoms with Crippen molar-refractivity contribution in [3.63, 3.8) is 0 Å². The van der Waals surface area contributed by atoms with Gasteiger partial charge < -0.3 is 15.0 Å². The molecule has 0 saturated carbocycles. The summed E-state index contributed by atoms with van der Waals surface area (Å²) in [4.78, 5) is 5.96. The SMILES string of the molecule is CNC(c1ccncc1F)C1CN(C)CCO1. The van der Waals surface area contributed by atoms with Crippen LogP contribution >= 0.6 is 0 Å². The van der Waals surface area contributed by atoms with Crippen LogP contribution in [0.3, 0.4) is 0 Å². The van der Waals surface area contributed by atoms with Crippen molar-refractivity contribution in [3.8, 4) is 0 Å². The minimum Gasteiger partial charge on any atom is -0.374 e. The lowest BCUT2D eigenvalue weighted by Gasteiger charge is -2.35. The second kappa shape index (κ2) is 5.53. The first-order valence-electron chi connectivity index (χ1n) is 5.79. The van der Waals surface area contributed by atoms with Crippen molar-refractivity contribution in [2.24, 2.45) is 0 Å². The van der Waals surface area contributed by atoms with Gasteiger partial charge in [-0.2, -0.15) is 0 Å². The third-order valence-corrected chi connectivity index (χ3v) is 3.12. The van der Waals surface area contributed by atoms with Crippen LogP contribution < -0.4 is 5.32 Å². The zero-order valence-electron chi connectivity index (χ0n) is 10.2. The highest BCUT2D eigenvalue weighted by Crippen LogP contribution is 2.23. The number of pyridine rings is 1. The van der Waals surface area contributed by atoms with Crippen molar-refractivity contribution in [3.05, 3.63) is 29.8 Å². The quantitative estimate of drug-likeness (QED) is 0.847. The number of nitrogens with one attached hydrogen (secondary N) is 1. The molecular weight excluding hydrogens is 221 g/mol. The molecule has 2 unspecified atom stereocenters. The Balaban J connectivity index is 2.18. The molecule has 94 valence electrons. The van der Waals surface area contributed by atoms with Crippen molar-refractivity contribution in [2.75, 3.05) is 33.8 Å². The van der Waals surface area contributed by atoms with Crippen LogP contribution in [0.25, 0.3) is 0 Å². The summed E-state index contributed by atoms with van der Waals surface area (Å²) in [6.45, 7) is 2.41. The molecule has 2 rings (SSSR count). The molecule has 0 radical (unpaired) electrons. The molecule has 1 aliphatic rings. The lowest BCUT2D eigenvalue weighted by atomic mass is 10.0. The monoisotopic (exact) mass is 239 g/mol. The van der Waals surface area contributed by atoms with Crippen molar-refractivity contribution < 1.29 is 9.13 Å². The van der Waals surface area contributed by atoms with Gasteiger partial charge in [0.15, 0.2) is 0 Å². The van der Waals surface area contributed by atoms with E-state index < -0.39 is 0 Å². The van der Waals surface area contributed by atoms with Crippen molar-refractivity contribution in [2.45, 2.75) is 12.1 Å². The van der Waals surface area contributed by atoms with Gasteiger partial charge in [-0.05, 0) is 20.2 Å². The number of nitrogens with zero attached hydrogens (tertiary/aromatic N) is 2. The summed E-state index contributed by atoms with van der Waals surface area (Å²) in [6.07, 6.45) is 2.82. The number of aromatic nitrogens is 1. The smallest absolute Gasteiger partial charge is 0.146 e. The first-order chi connectivity index (χ1) is 8.22. The van der Waals surface area contributed by atoms with E-state index in [1.807, 2.05) is 14.1 Å². The third kappa shape index (κ3) is 2.80. The Morgan fingerprint density at radius 3 is 3.12 bits per heavy atom. The lowest BCUT2D eigenvalue weighted by Crippen LogP contribution is -2.46. The standard InChI is InChI=1S/C12H18FN3O/c1-14-12(9-3-4-15-7-10(9)13)11-8-16(2)5-6-17-11/h3-4,7,11-12,14H,5-6,8H2,1-2H3. The molecule has 1 saturated heterocycles. The fourth-order valence-corrected chi connectivity index (χ4v) is 2.19. The van der Waals surface area contributed by atoms with Gasteiger partial charge in [-0.15, -0.1) is 0 Å². The minimum atomic E-state index is -0.288. The van der Waals surface area contributed by atoms with Gasteiger partial charge in [-0.25, -0.2) is 4.39 Å². The van der Waals surface area contributed by atoms with Crippen LogP contribution in [0, 0.1) is 5.82 Å². The third-order valence-electron chi connectivity index (χ3n) is 3.12. The maximum atomic E-state index is 13.7. The lowest BCUT2D eigenvalue weighted by molar-refractivity contribution is -0.0385. The van der Waals surface area contributed by atoms with E-state index in [-0.39, 0.29) is 18.0 Å². The number of halogens is 1. The van der Waals surface area contributed by atoms with E-state index in [9.17, 15) is 4.39 Å². The molecule has 0 amide bonds. The Hall–Kier alpha value is -1.04. The van der Waals surface area contributed by atoms with Gasteiger partial charge in [0.05, 0.1) is 24.9 Å². The zero-order chi connectivity index (χ0) is 12.3. The largest absolute Gasteiger partial charge is 0.374 e. The maximum absolute atomic E-state index is 13.7. The van der Waals surface area contributed by atoms with E-state index in [1.165, 1.54) is 6.20 Å². The fourth-order valence-electron chi connectivity index (χ4n) is 2.19. The fraction of sp³-hybridized carbons (Fsp3) is 0.583. The highest BCUT2D eigenvalue weighted by molar-refractivity contribution is 5.19. The predicted molar refractivity (Wildman–Crippen MR) is 63.2 cm³/mol. The van der Waals surface area contributed by atoms with Crippen LogP contribution in [0.1, 0.15) is 11.6 Å². The molecule has 1 N–H and O–H groups in total. The van der Waals surface area contributed by atoms with Crippen LogP contribution in [0.5, 0.6) is 0 Å². The summed E-state index contributed by atoms with van der Waals surface area (Å²) in [7, 11) is 3.87. The number of ether oxygens (including phenoxy) is 1. The molecule has 0 spiro atoms. The molecule has 2 atom stereocenters. The van der Waals surface area contributed by atoms with Gasteiger partial charge >= 0.3 is 0 Å².